The molecule has 0 aliphatic carbocycles. The summed E-state index contributed by atoms with van der Waals surface area (Å²) < 4.78 is 16.7. The molecule has 0 rings (SSSR count). The number of rotatable bonds is 42. The molecule has 6 heteroatoms. The zero-order valence-corrected chi connectivity index (χ0v) is 37.3. The van der Waals surface area contributed by atoms with Crippen molar-refractivity contribution in [3.05, 3.63) is 60.8 Å². The molecule has 0 radical (unpaired) electrons. The largest absolute Gasteiger partial charge is 0.462 e. The Balaban J connectivity index is 4.42. The van der Waals surface area contributed by atoms with Gasteiger partial charge in [0.05, 0.1) is 0 Å². The molecule has 0 amide bonds. The molecule has 57 heavy (non-hydrogen) atoms. The predicted octanol–water partition coefficient (Wildman–Crippen LogP) is 15.3. The van der Waals surface area contributed by atoms with Crippen LogP contribution in [0, 0.1) is 0 Å². The van der Waals surface area contributed by atoms with Crippen molar-refractivity contribution >= 4 is 17.9 Å². The Bertz CT molecular complexity index is 1050. The number of carbonyl (C=O) groups excluding carboxylic acids is 3. The second-order valence-corrected chi connectivity index (χ2v) is 15.6. The highest BCUT2D eigenvalue weighted by molar-refractivity contribution is 5.71. The van der Waals surface area contributed by atoms with E-state index in [1.807, 2.05) is 0 Å². The van der Waals surface area contributed by atoms with Crippen LogP contribution in [-0.4, -0.2) is 37.2 Å². The van der Waals surface area contributed by atoms with E-state index in [4.69, 9.17) is 14.2 Å². The van der Waals surface area contributed by atoms with Crippen LogP contribution in [0.3, 0.4) is 0 Å². The predicted molar refractivity (Wildman–Crippen MR) is 242 cm³/mol. The van der Waals surface area contributed by atoms with Gasteiger partial charge in [-0.15, -0.1) is 0 Å². The highest BCUT2D eigenvalue weighted by Crippen LogP contribution is 2.14. The second-order valence-electron chi connectivity index (χ2n) is 15.6. The lowest BCUT2D eigenvalue weighted by Crippen LogP contribution is -2.30. The summed E-state index contributed by atoms with van der Waals surface area (Å²) in [6.07, 6.45) is 54.9. The molecule has 328 valence electrons. The Morgan fingerprint density at radius 3 is 1.16 bits per heavy atom. The van der Waals surface area contributed by atoms with Crippen LogP contribution >= 0.6 is 0 Å². The van der Waals surface area contributed by atoms with Gasteiger partial charge in [-0.3, -0.25) is 14.4 Å². The zero-order chi connectivity index (χ0) is 41.5. The van der Waals surface area contributed by atoms with Crippen molar-refractivity contribution in [3.8, 4) is 0 Å². The second kappa shape index (κ2) is 45.8. The van der Waals surface area contributed by atoms with E-state index in [-0.39, 0.29) is 31.1 Å². The lowest BCUT2D eigenvalue weighted by molar-refractivity contribution is -0.167. The van der Waals surface area contributed by atoms with Gasteiger partial charge in [-0.25, -0.2) is 0 Å². The summed E-state index contributed by atoms with van der Waals surface area (Å²) in [4.78, 5) is 37.8. The summed E-state index contributed by atoms with van der Waals surface area (Å²) in [5.41, 5.74) is 0. The average Bonchev–Trinajstić information content (AvgIpc) is 3.21. The third-order valence-corrected chi connectivity index (χ3v) is 10.0. The molecule has 1 atom stereocenters. The van der Waals surface area contributed by atoms with Gasteiger partial charge in [0.15, 0.2) is 6.10 Å². The number of esters is 3. The molecule has 0 heterocycles. The van der Waals surface area contributed by atoms with Gasteiger partial charge in [-0.05, 0) is 77.0 Å². The number of hydrogen-bond donors (Lipinski definition) is 0. The SMILES string of the molecule is CC/C=C\C/C=C\C/C=C\C/C=C\CCCCCC(=O)OCC(COC(=O)CCCCCC/C=C\CCCC)OC(=O)CCCCCCCCCCCCCCC. The van der Waals surface area contributed by atoms with Crippen LogP contribution in [0.2, 0.25) is 0 Å². The molecular weight excluding hydrogens is 709 g/mol. The molecule has 0 spiro atoms. The molecule has 0 fully saturated rings. The van der Waals surface area contributed by atoms with Crippen molar-refractivity contribution in [1.82, 2.24) is 0 Å². The Hall–Kier alpha value is -2.89. The normalized spacial score (nSPS) is 12.5. The average molecular weight is 797 g/mol. The van der Waals surface area contributed by atoms with Crippen LogP contribution in [-0.2, 0) is 28.6 Å². The maximum atomic E-state index is 12.7. The van der Waals surface area contributed by atoms with Crippen LogP contribution < -0.4 is 0 Å². The van der Waals surface area contributed by atoms with E-state index in [0.717, 1.165) is 109 Å². The first kappa shape index (κ1) is 54.1. The summed E-state index contributed by atoms with van der Waals surface area (Å²) in [6.45, 7) is 6.43. The van der Waals surface area contributed by atoms with Gasteiger partial charge in [-0.2, -0.15) is 0 Å². The lowest BCUT2D eigenvalue weighted by Gasteiger charge is -2.18. The van der Waals surface area contributed by atoms with Crippen LogP contribution in [0.5, 0.6) is 0 Å². The first-order valence-electron chi connectivity index (χ1n) is 23.8. The first-order chi connectivity index (χ1) is 28.0. The summed E-state index contributed by atoms with van der Waals surface area (Å²) in [6, 6.07) is 0. The monoisotopic (exact) mass is 797 g/mol. The standard InChI is InChI=1S/C51H88O6/c1-4-7-10-13-16-19-22-24-25-26-28-29-32-35-38-41-44-50(53)56-47-48(46-55-49(52)43-40-37-34-31-21-18-15-12-9-6-3)57-51(54)45-42-39-36-33-30-27-23-20-17-14-11-8-5-2/h7,10,15-16,18-19,24-25,28-29,48H,4-6,8-9,11-14,17,20-23,26-27,30-47H2,1-3H3/b10-7-,18-15-,19-16-,25-24-,29-28-. The fraction of sp³-hybridized carbons (Fsp3) is 0.745. The molecular formula is C51H88O6. The molecule has 0 saturated heterocycles. The number of carbonyl (C=O) groups is 3. The smallest absolute Gasteiger partial charge is 0.306 e. The van der Waals surface area contributed by atoms with Crippen molar-refractivity contribution in [2.45, 2.75) is 232 Å². The van der Waals surface area contributed by atoms with Crippen molar-refractivity contribution in [2.75, 3.05) is 13.2 Å². The molecule has 0 aromatic carbocycles. The molecule has 0 saturated carbocycles. The minimum Gasteiger partial charge on any atom is -0.462 e. The van der Waals surface area contributed by atoms with Gasteiger partial charge in [0.2, 0.25) is 0 Å². The van der Waals surface area contributed by atoms with Crippen LogP contribution in [0.15, 0.2) is 60.8 Å². The highest BCUT2D eigenvalue weighted by atomic mass is 16.6. The Kier molecular flexibility index (Phi) is 43.5. The van der Waals surface area contributed by atoms with E-state index < -0.39 is 6.10 Å². The van der Waals surface area contributed by atoms with Gasteiger partial charge in [0.25, 0.3) is 0 Å². The fourth-order valence-electron chi connectivity index (χ4n) is 6.41. The molecule has 0 aliphatic rings. The fourth-order valence-corrected chi connectivity index (χ4v) is 6.41. The van der Waals surface area contributed by atoms with Gasteiger partial charge in [-0.1, -0.05) is 191 Å². The highest BCUT2D eigenvalue weighted by Gasteiger charge is 2.19. The Labute approximate surface area is 351 Å². The van der Waals surface area contributed by atoms with E-state index in [2.05, 4.69) is 81.5 Å². The Morgan fingerprint density at radius 1 is 0.368 bits per heavy atom. The maximum Gasteiger partial charge on any atom is 0.306 e. The summed E-state index contributed by atoms with van der Waals surface area (Å²) in [5.74, 6) is -0.934. The number of allylic oxidation sites excluding steroid dienone is 10. The topological polar surface area (TPSA) is 78.9 Å². The van der Waals surface area contributed by atoms with Crippen molar-refractivity contribution in [3.63, 3.8) is 0 Å². The van der Waals surface area contributed by atoms with Crippen molar-refractivity contribution in [1.29, 1.82) is 0 Å². The lowest BCUT2D eigenvalue weighted by atomic mass is 10.0. The van der Waals surface area contributed by atoms with Gasteiger partial charge in [0.1, 0.15) is 13.2 Å². The Morgan fingerprint density at radius 2 is 0.702 bits per heavy atom. The first-order valence-corrected chi connectivity index (χ1v) is 23.8. The van der Waals surface area contributed by atoms with E-state index in [1.54, 1.807) is 0 Å². The minimum atomic E-state index is -0.787. The molecule has 0 aliphatic heterocycles. The van der Waals surface area contributed by atoms with Crippen LogP contribution in [0.1, 0.15) is 226 Å². The van der Waals surface area contributed by atoms with E-state index in [1.165, 1.54) is 77.0 Å². The summed E-state index contributed by atoms with van der Waals surface area (Å²) in [7, 11) is 0. The maximum absolute atomic E-state index is 12.7. The van der Waals surface area contributed by atoms with Gasteiger partial charge < -0.3 is 14.2 Å². The zero-order valence-electron chi connectivity index (χ0n) is 37.3. The molecule has 0 bridgehead atoms. The number of ether oxygens (including phenoxy) is 3. The number of hydrogen-bond acceptors (Lipinski definition) is 6. The van der Waals surface area contributed by atoms with Gasteiger partial charge in [0, 0.05) is 19.3 Å². The molecule has 6 nitrogen and oxygen atoms in total. The molecule has 0 aromatic rings. The molecule has 0 aromatic heterocycles. The van der Waals surface area contributed by atoms with Crippen LogP contribution in [0.4, 0.5) is 0 Å². The number of unbranched alkanes of at least 4 members (excludes halogenated alkanes) is 21. The van der Waals surface area contributed by atoms with Crippen molar-refractivity contribution in [2.24, 2.45) is 0 Å². The third kappa shape index (κ3) is 44.1. The summed E-state index contributed by atoms with van der Waals surface area (Å²) in [5, 5.41) is 0. The minimum absolute atomic E-state index is 0.0894. The summed E-state index contributed by atoms with van der Waals surface area (Å²) >= 11 is 0. The van der Waals surface area contributed by atoms with E-state index >= 15 is 0 Å². The third-order valence-electron chi connectivity index (χ3n) is 10.0. The molecule has 0 N–H and O–H groups in total. The van der Waals surface area contributed by atoms with E-state index in [0.29, 0.717) is 19.3 Å². The van der Waals surface area contributed by atoms with Crippen molar-refractivity contribution < 1.29 is 28.6 Å². The van der Waals surface area contributed by atoms with Crippen LogP contribution in [0.25, 0.3) is 0 Å². The molecule has 1 unspecified atom stereocenters. The van der Waals surface area contributed by atoms with E-state index in [9.17, 15) is 14.4 Å². The van der Waals surface area contributed by atoms with Gasteiger partial charge >= 0.3 is 17.9 Å². The quantitative estimate of drug-likeness (QED) is 0.0265.